The van der Waals surface area contributed by atoms with Gasteiger partial charge < -0.3 is 14.9 Å². The molecule has 2 aromatic carbocycles. The number of hydrogen-bond acceptors (Lipinski definition) is 2. The Bertz CT molecular complexity index is 1060. The van der Waals surface area contributed by atoms with Crippen molar-refractivity contribution in [1.82, 2.24) is 9.80 Å². The molecule has 0 saturated carbocycles. The highest BCUT2D eigenvalue weighted by Crippen LogP contribution is 2.42. The number of carboxylic acid groups (broad SMARTS) is 1. The third-order valence-corrected chi connectivity index (χ3v) is 7.03. The highest BCUT2D eigenvalue weighted by Gasteiger charge is 2.33. The lowest BCUT2D eigenvalue weighted by Crippen LogP contribution is -2.43. The van der Waals surface area contributed by atoms with Crippen molar-refractivity contribution in [2.24, 2.45) is 0 Å². The standard InChI is InChI=1S/C25H29ClN2O3/c1-15-7-8-18(22(26)11-15)24-17(3)21-14-28(25(31)27-9-5-4-6-10-27)13-20(21)16(2)19(24)12-23(29)30/h7-8,11H,4-6,9-10,12-14H2,1-3H3,(H,29,30). The lowest BCUT2D eigenvalue weighted by molar-refractivity contribution is -0.136. The van der Waals surface area contributed by atoms with E-state index in [9.17, 15) is 14.7 Å². The summed E-state index contributed by atoms with van der Waals surface area (Å²) in [5, 5.41) is 10.2. The summed E-state index contributed by atoms with van der Waals surface area (Å²) in [5.74, 6) is -0.869. The van der Waals surface area contributed by atoms with Gasteiger partial charge in [0.1, 0.15) is 0 Å². The number of aliphatic carboxylic acids is 1. The average molecular weight is 441 g/mol. The highest BCUT2D eigenvalue weighted by atomic mass is 35.5. The van der Waals surface area contributed by atoms with Gasteiger partial charge in [-0.2, -0.15) is 0 Å². The lowest BCUT2D eigenvalue weighted by atomic mass is 9.84. The number of aryl methyl sites for hydroxylation is 1. The number of carbonyl (C=O) groups excluding carboxylic acids is 1. The quantitative estimate of drug-likeness (QED) is 0.687. The number of amides is 2. The molecule has 1 saturated heterocycles. The maximum absolute atomic E-state index is 13.1. The Kier molecular flexibility index (Phi) is 5.98. The van der Waals surface area contributed by atoms with E-state index in [1.54, 1.807) is 0 Å². The topological polar surface area (TPSA) is 60.9 Å². The minimum atomic E-state index is -0.869. The summed E-state index contributed by atoms with van der Waals surface area (Å²) in [5.41, 5.74) is 7.81. The third kappa shape index (κ3) is 4.03. The molecule has 0 radical (unpaired) electrons. The molecule has 1 N–H and O–H groups in total. The van der Waals surface area contributed by atoms with Crippen LogP contribution in [0.4, 0.5) is 4.79 Å². The Labute approximate surface area is 188 Å². The number of carbonyl (C=O) groups is 2. The van der Waals surface area contributed by atoms with Gasteiger partial charge in [0, 0.05) is 36.8 Å². The van der Waals surface area contributed by atoms with Crippen LogP contribution in [0.5, 0.6) is 0 Å². The number of benzene rings is 2. The number of fused-ring (bicyclic) bond motifs is 1. The molecule has 164 valence electrons. The summed E-state index contributed by atoms with van der Waals surface area (Å²) in [4.78, 5) is 28.7. The summed E-state index contributed by atoms with van der Waals surface area (Å²) in [7, 11) is 0. The molecule has 2 aliphatic rings. The number of piperidine rings is 1. The first-order valence-electron chi connectivity index (χ1n) is 10.9. The van der Waals surface area contributed by atoms with E-state index in [0.717, 1.165) is 70.4 Å². The largest absolute Gasteiger partial charge is 0.481 e. The van der Waals surface area contributed by atoms with E-state index >= 15 is 0 Å². The first-order valence-corrected chi connectivity index (χ1v) is 11.3. The van der Waals surface area contributed by atoms with Crippen LogP contribution in [-0.4, -0.2) is 40.0 Å². The van der Waals surface area contributed by atoms with Gasteiger partial charge in [-0.15, -0.1) is 0 Å². The van der Waals surface area contributed by atoms with Gasteiger partial charge in [-0.1, -0.05) is 23.7 Å². The Balaban J connectivity index is 1.80. The van der Waals surface area contributed by atoms with Gasteiger partial charge in [0.05, 0.1) is 6.42 Å². The molecule has 0 unspecified atom stereocenters. The smallest absolute Gasteiger partial charge is 0.320 e. The highest BCUT2D eigenvalue weighted by molar-refractivity contribution is 6.33. The molecular formula is C25H29ClN2O3. The van der Waals surface area contributed by atoms with Crippen LogP contribution in [0.3, 0.4) is 0 Å². The second kappa shape index (κ2) is 8.54. The van der Waals surface area contributed by atoms with Crippen LogP contribution < -0.4 is 0 Å². The number of carboxylic acids is 1. The maximum Gasteiger partial charge on any atom is 0.320 e. The first-order chi connectivity index (χ1) is 14.8. The van der Waals surface area contributed by atoms with Gasteiger partial charge in [-0.05, 0) is 85.0 Å². The molecule has 0 spiro atoms. The monoisotopic (exact) mass is 440 g/mol. The Morgan fingerprint density at radius 3 is 2.23 bits per heavy atom. The van der Waals surface area contributed by atoms with E-state index in [1.165, 1.54) is 6.42 Å². The van der Waals surface area contributed by atoms with E-state index in [4.69, 9.17) is 11.6 Å². The fraction of sp³-hybridized carbons (Fsp3) is 0.440. The molecule has 1 fully saturated rings. The molecule has 2 amide bonds. The normalized spacial score (nSPS) is 15.9. The zero-order valence-corrected chi connectivity index (χ0v) is 19.2. The van der Waals surface area contributed by atoms with Crippen LogP contribution in [0.25, 0.3) is 11.1 Å². The molecule has 0 aliphatic carbocycles. The number of nitrogens with zero attached hydrogens (tertiary/aromatic N) is 2. The van der Waals surface area contributed by atoms with Crippen molar-refractivity contribution >= 4 is 23.6 Å². The van der Waals surface area contributed by atoms with Gasteiger partial charge in [-0.25, -0.2) is 4.79 Å². The van der Waals surface area contributed by atoms with Crippen molar-refractivity contribution in [2.45, 2.75) is 59.5 Å². The number of urea groups is 1. The van der Waals surface area contributed by atoms with Gasteiger partial charge in [0.25, 0.3) is 0 Å². The van der Waals surface area contributed by atoms with Crippen molar-refractivity contribution < 1.29 is 14.7 Å². The van der Waals surface area contributed by atoms with Gasteiger partial charge in [0.15, 0.2) is 0 Å². The zero-order chi connectivity index (χ0) is 22.3. The number of halogens is 1. The first kappa shape index (κ1) is 21.7. The van der Waals surface area contributed by atoms with Crippen LogP contribution in [0.1, 0.15) is 52.6 Å². The lowest BCUT2D eigenvalue weighted by Gasteiger charge is -2.30. The van der Waals surface area contributed by atoms with E-state index in [0.29, 0.717) is 18.1 Å². The summed E-state index contributed by atoms with van der Waals surface area (Å²) in [6.45, 7) is 8.73. The van der Waals surface area contributed by atoms with Crippen LogP contribution >= 0.6 is 11.6 Å². The number of likely N-dealkylation sites (tertiary alicyclic amines) is 1. The summed E-state index contributed by atoms with van der Waals surface area (Å²) >= 11 is 6.61. The Morgan fingerprint density at radius 2 is 1.61 bits per heavy atom. The van der Waals surface area contributed by atoms with E-state index in [1.807, 2.05) is 48.8 Å². The summed E-state index contributed by atoms with van der Waals surface area (Å²) in [6.07, 6.45) is 3.23. The summed E-state index contributed by atoms with van der Waals surface area (Å²) in [6, 6.07) is 5.97. The molecule has 2 aromatic rings. The molecule has 0 atom stereocenters. The number of hydrogen-bond donors (Lipinski definition) is 1. The maximum atomic E-state index is 13.1. The van der Waals surface area contributed by atoms with E-state index in [-0.39, 0.29) is 12.5 Å². The third-order valence-electron chi connectivity index (χ3n) is 6.72. The van der Waals surface area contributed by atoms with Crippen LogP contribution in [0.2, 0.25) is 5.02 Å². The predicted octanol–water partition coefficient (Wildman–Crippen LogP) is 5.48. The zero-order valence-electron chi connectivity index (χ0n) is 18.4. The van der Waals surface area contributed by atoms with Crippen molar-refractivity contribution in [3.8, 4) is 11.1 Å². The molecule has 4 rings (SSSR count). The molecule has 0 bridgehead atoms. The summed E-state index contributed by atoms with van der Waals surface area (Å²) < 4.78 is 0. The Morgan fingerprint density at radius 1 is 0.968 bits per heavy atom. The fourth-order valence-corrected chi connectivity index (χ4v) is 5.37. The van der Waals surface area contributed by atoms with Gasteiger partial charge in [0.2, 0.25) is 0 Å². The van der Waals surface area contributed by atoms with Crippen LogP contribution in [-0.2, 0) is 24.3 Å². The van der Waals surface area contributed by atoms with E-state index in [2.05, 4.69) is 0 Å². The van der Waals surface area contributed by atoms with Gasteiger partial charge in [-0.3, -0.25) is 4.79 Å². The van der Waals surface area contributed by atoms with Crippen LogP contribution in [0, 0.1) is 20.8 Å². The molecule has 2 heterocycles. The minimum absolute atomic E-state index is 0.0699. The van der Waals surface area contributed by atoms with Crippen molar-refractivity contribution in [3.05, 3.63) is 56.6 Å². The SMILES string of the molecule is Cc1ccc(-c2c(C)c3c(c(C)c2CC(=O)O)CN(C(=O)N2CCCCC2)C3)c(Cl)c1. The van der Waals surface area contributed by atoms with Crippen molar-refractivity contribution in [2.75, 3.05) is 13.1 Å². The van der Waals surface area contributed by atoms with Gasteiger partial charge >= 0.3 is 12.0 Å². The number of rotatable bonds is 3. The fourth-order valence-electron chi connectivity index (χ4n) is 5.05. The average Bonchev–Trinajstić information content (AvgIpc) is 3.19. The second-order valence-corrected chi connectivity index (χ2v) is 9.21. The van der Waals surface area contributed by atoms with Crippen molar-refractivity contribution in [3.63, 3.8) is 0 Å². The molecule has 2 aliphatic heterocycles. The van der Waals surface area contributed by atoms with E-state index < -0.39 is 5.97 Å². The predicted molar refractivity (Wildman–Crippen MR) is 123 cm³/mol. The molecule has 0 aromatic heterocycles. The molecule has 5 nitrogen and oxygen atoms in total. The van der Waals surface area contributed by atoms with Crippen LogP contribution in [0.15, 0.2) is 18.2 Å². The van der Waals surface area contributed by atoms with Crippen molar-refractivity contribution in [1.29, 1.82) is 0 Å². The minimum Gasteiger partial charge on any atom is -0.481 e. The second-order valence-electron chi connectivity index (χ2n) is 8.80. The Hall–Kier alpha value is -2.53. The molecule has 31 heavy (non-hydrogen) atoms. The molecular weight excluding hydrogens is 412 g/mol. The molecule has 6 heteroatoms.